The summed E-state index contributed by atoms with van der Waals surface area (Å²) >= 11 is 1.65. The van der Waals surface area contributed by atoms with Crippen LogP contribution in [0.3, 0.4) is 0 Å². The van der Waals surface area contributed by atoms with E-state index in [1.165, 1.54) is 11.2 Å². The monoisotopic (exact) mass is 252 g/mol. The standard InChI is InChI=1S/C11H16N4OS/c1-11(2,5-16-3)8-4-7-9(15-12)13-6-14-10(7)17-8/h4,6H,5,12H2,1-3H3,(H,13,14,15). The molecule has 2 aromatic heterocycles. The molecule has 17 heavy (non-hydrogen) atoms. The minimum absolute atomic E-state index is 0.0357. The minimum Gasteiger partial charge on any atom is -0.384 e. The summed E-state index contributed by atoms with van der Waals surface area (Å²) < 4.78 is 5.24. The number of nitrogens with one attached hydrogen (secondary N) is 1. The van der Waals surface area contributed by atoms with Crippen LogP contribution in [0, 0.1) is 0 Å². The van der Waals surface area contributed by atoms with Crippen molar-refractivity contribution in [1.29, 1.82) is 0 Å². The van der Waals surface area contributed by atoms with Gasteiger partial charge in [0.2, 0.25) is 0 Å². The Bertz CT molecular complexity index is 523. The molecule has 0 atom stereocenters. The van der Waals surface area contributed by atoms with Gasteiger partial charge in [0, 0.05) is 17.4 Å². The van der Waals surface area contributed by atoms with Crippen molar-refractivity contribution in [3.8, 4) is 0 Å². The smallest absolute Gasteiger partial charge is 0.152 e. The van der Waals surface area contributed by atoms with Gasteiger partial charge < -0.3 is 10.2 Å². The van der Waals surface area contributed by atoms with Gasteiger partial charge in [-0.15, -0.1) is 11.3 Å². The Labute approximate surface area is 104 Å². The highest BCUT2D eigenvalue weighted by molar-refractivity contribution is 7.18. The van der Waals surface area contributed by atoms with Crippen LogP contribution in [0.5, 0.6) is 0 Å². The molecule has 0 aliphatic rings. The van der Waals surface area contributed by atoms with Gasteiger partial charge in [-0.3, -0.25) is 0 Å². The zero-order valence-corrected chi connectivity index (χ0v) is 11.0. The molecule has 2 aromatic rings. The van der Waals surface area contributed by atoms with Gasteiger partial charge >= 0.3 is 0 Å². The topological polar surface area (TPSA) is 73.1 Å². The summed E-state index contributed by atoms with van der Waals surface area (Å²) in [4.78, 5) is 10.5. The van der Waals surface area contributed by atoms with E-state index in [0.717, 1.165) is 10.2 Å². The number of nitrogens with zero attached hydrogens (tertiary/aromatic N) is 2. The van der Waals surface area contributed by atoms with Crippen molar-refractivity contribution in [3.05, 3.63) is 17.3 Å². The predicted molar refractivity (Wildman–Crippen MR) is 70.1 cm³/mol. The zero-order valence-electron chi connectivity index (χ0n) is 10.2. The van der Waals surface area contributed by atoms with Gasteiger partial charge in [0.05, 0.1) is 12.0 Å². The fourth-order valence-electron chi connectivity index (χ4n) is 1.74. The molecule has 3 N–H and O–H groups in total. The lowest BCUT2D eigenvalue weighted by Crippen LogP contribution is -2.21. The normalized spacial score (nSPS) is 12.0. The van der Waals surface area contributed by atoms with Crippen molar-refractivity contribution in [3.63, 3.8) is 0 Å². The van der Waals surface area contributed by atoms with Crippen molar-refractivity contribution in [2.24, 2.45) is 5.84 Å². The molecular formula is C11H16N4OS. The van der Waals surface area contributed by atoms with Crippen LogP contribution in [-0.4, -0.2) is 23.7 Å². The third-order valence-corrected chi connectivity index (χ3v) is 4.05. The summed E-state index contributed by atoms with van der Waals surface area (Å²) in [6, 6.07) is 2.08. The predicted octanol–water partition coefficient (Wildman–Crippen LogP) is 1.90. The van der Waals surface area contributed by atoms with Gasteiger partial charge in [0.15, 0.2) is 5.82 Å². The summed E-state index contributed by atoms with van der Waals surface area (Å²) in [5.74, 6) is 6.09. The molecule has 2 rings (SSSR count). The van der Waals surface area contributed by atoms with Gasteiger partial charge in [0.1, 0.15) is 11.2 Å². The van der Waals surface area contributed by atoms with Gasteiger partial charge in [0.25, 0.3) is 0 Å². The number of nitrogen functional groups attached to an aromatic ring is 1. The molecule has 0 amide bonds. The summed E-state index contributed by atoms with van der Waals surface area (Å²) in [5.41, 5.74) is 2.56. The van der Waals surface area contributed by atoms with Crippen molar-refractivity contribution >= 4 is 27.4 Å². The van der Waals surface area contributed by atoms with Crippen molar-refractivity contribution in [1.82, 2.24) is 9.97 Å². The van der Waals surface area contributed by atoms with Crippen LogP contribution in [-0.2, 0) is 10.2 Å². The van der Waals surface area contributed by atoms with Crippen molar-refractivity contribution < 1.29 is 4.74 Å². The van der Waals surface area contributed by atoms with E-state index in [1.807, 2.05) is 0 Å². The molecule has 0 spiro atoms. The molecule has 0 aromatic carbocycles. The second-order valence-electron chi connectivity index (χ2n) is 4.51. The third-order valence-electron chi connectivity index (χ3n) is 2.64. The fraction of sp³-hybridized carbons (Fsp3) is 0.455. The summed E-state index contributed by atoms with van der Waals surface area (Å²) in [6.07, 6.45) is 1.52. The number of fused-ring (bicyclic) bond motifs is 1. The van der Waals surface area contributed by atoms with Gasteiger partial charge in [-0.1, -0.05) is 13.8 Å². The molecule has 0 saturated carbocycles. The number of aromatic nitrogens is 2. The van der Waals surface area contributed by atoms with E-state index < -0.39 is 0 Å². The summed E-state index contributed by atoms with van der Waals surface area (Å²) in [7, 11) is 1.71. The lowest BCUT2D eigenvalue weighted by molar-refractivity contribution is 0.148. The Morgan fingerprint density at radius 2 is 2.24 bits per heavy atom. The number of hydrogen-bond donors (Lipinski definition) is 2. The SMILES string of the molecule is COCC(C)(C)c1cc2c(NN)ncnc2s1. The van der Waals surface area contributed by atoms with E-state index in [2.05, 4.69) is 35.3 Å². The number of rotatable bonds is 4. The first-order valence-corrected chi connectivity index (χ1v) is 6.10. The quantitative estimate of drug-likeness (QED) is 0.642. The maximum Gasteiger partial charge on any atom is 0.152 e. The zero-order chi connectivity index (χ0) is 12.5. The lowest BCUT2D eigenvalue weighted by Gasteiger charge is -2.21. The number of ether oxygens (including phenoxy) is 1. The third kappa shape index (κ3) is 2.24. The maximum atomic E-state index is 5.43. The molecule has 2 heterocycles. The van der Waals surface area contributed by atoms with E-state index in [4.69, 9.17) is 10.6 Å². The largest absolute Gasteiger partial charge is 0.384 e. The molecule has 5 nitrogen and oxygen atoms in total. The highest BCUT2D eigenvalue weighted by Gasteiger charge is 2.24. The van der Waals surface area contributed by atoms with Gasteiger partial charge in [-0.2, -0.15) is 0 Å². The number of thiophene rings is 1. The summed E-state index contributed by atoms with van der Waals surface area (Å²) in [6.45, 7) is 4.95. The Morgan fingerprint density at radius 1 is 1.47 bits per heavy atom. The Morgan fingerprint density at radius 3 is 2.88 bits per heavy atom. The van der Waals surface area contributed by atoms with Crippen LogP contribution in [0.25, 0.3) is 10.2 Å². The lowest BCUT2D eigenvalue weighted by atomic mass is 9.92. The first-order valence-electron chi connectivity index (χ1n) is 5.29. The van der Waals surface area contributed by atoms with Crippen LogP contribution in [0.1, 0.15) is 18.7 Å². The molecular weight excluding hydrogens is 236 g/mol. The van der Waals surface area contributed by atoms with E-state index in [-0.39, 0.29) is 5.41 Å². The average Bonchev–Trinajstić information content (AvgIpc) is 2.73. The number of hydrazine groups is 1. The van der Waals surface area contributed by atoms with E-state index in [1.54, 1.807) is 18.4 Å². The summed E-state index contributed by atoms with van der Waals surface area (Å²) in [5, 5.41) is 0.958. The molecule has 0 bridgehead atoms. The minimum atomic E-state index is -0.0357. The van der Waals surface area contributed by atoms with Crippen molar-refractivity contribution in [2.45, 2.75) is 19.3 Å². The highest BCUT2D eigenvalue weighted by atomic mass is 32.1. The van der Waals surface area contributed by atoms with Gasteiger partial charge in [-0.05, 0) is 6.07 Å². The second kappa shape index (κ2) is 4.56. The molecule has 0 saturated heterocycles. The molecule has 0 unspecified atom stereocenters. The van der Waals surface area contributed by atoms with E-state index in [9.17, 15) is 0 Å². The van der Waals surface area contributed by atoms with Crippen molar-refractivity contribution in [2.75, 3.05) is 19.1 Å². The van der Waals surface area contributed by atoms with Crippen LogP contribution < -0.4 is 11.3 Å². The maximum absolute atomic E-state index is 5.43. The van der Waals surface area contributed by atoms with E-state index in [0.29, 0.717) is 12.4 Å². The van der Waals surface area contributed by atoms with Gasteiger partial charge in [-0.25, -0.2) is 15.8 Å². The molecule has 0 aliphatic heterocycles. The molecule has 0 radical (unpaired) electrons. The fourth-order valence-corrected chi connectivity index (χ4v) is 2.82. The number of methoxy groups -OCH3 is 1. The average molecular weight is 252 g/mol. The number of hydrogen-bond acceptors (Lipinski definition) is 6. The molecule has 92 valence electrons. The first kappa shape index (κ1) is 12.2. The Kier molecular flexibility index (Phi) is 3.28. The highest BCUT2D eigenvalue weighted by Crippen LogP contribution is 2.35. The Balaban J connectivity index is 2.51. The number of nitrogens with two attached hydrogens (primary N) is 1. The van der Waals surface area contributed by atoms with E-state index >= 15 is 0 Å². The Hall–Kier alpha value is -1.24. The molecule has 6 heteroatoms. The molecule has 0 aliphatic carbocycles. The van der Waals surface area contributed by atoms with Crippen LogP contribution in [0.2, 0.25) is 0 Å². The van der Waals surface area contributed by atoms with Crippen LogP contribution >= 0.6 is 11.3 Å². The van der Waals surface area contributed by atoms with Crippen LogP contribution in [0.15, 0.2) is 12.4 Å². The second-order valence-corrected chi connectivity index (χ2v) is 5.54. The number of anilines is 1. The van der Waals surface area contributed by atoms with Crippen LogP contribution in [0.4, 0.5) is 5.82 Å². The molecule has 0 fully saturated rings. The first-order chi connectivity index (χ1) is 8.08.